The van der Waals surface area contributed by atoms with Gasteiger partial charge in [-0.25, -0.2) is 4.57 Å². The van der Waals surface area contributed by atoms with Gasteiger partial charge in [0.1, 0.15) is 18.2 Å². The van der Waals surface area contributed by atoms with E-state index < -0.39 is 6.37 Å². The van der Waals surface area contributed by atoms with Gasteiger partial charge in [-0.05, 0) is 36.4 Å². The predicted octanol–water partition coefficient (Wildman–Crippen LogP) is 5.58. The standard InChI is InChI=1S/C23H24NO/c1-15(2)13-17-11-12-24(4)20(14-17)22-16(3)9-10-19-18-7-5-6-8-21(18)25-23(19)22/h5-12,14-15H,13H2,1-4H3/q+1/i13D2. The molecule has 2 aromatic heterocycles. The summed E-state index contributed by atoms with van der Waals surface area (Å²) in [7, 11) is 1.99. The average Bonchev–Trinajstić information content (AvgIpc) is 3.00. The van der Waals surface area contributed by atoms with Crippen molar-refractivity contribution in [1.82, 2.24) is 0 Å². The van der Waals surface area contributed by atoms with E-state index in [1.807, 2.05) is 62.0 Å². The molecule has 126 valence electrons. The Balaban J connectivity index is 2.04. The molecule has 0 amide bonds. The summed E-state index contributed by atoms with van der Waals surface area (Å²) < 4.78 is 25.3. The van der Waals surface area contributed by atoms with Crippen molar-refractivity contribution >= 4 is 21.9 Å². The van der Waals surface area contributed by atoms with Crippen LogP contribution in [0.3, 0.4) is 0 Å². The minimum atomic E-state index is -1.39. The van der Waals surface area contributed by atoms with Crippen molar-refractivity contribution < 1.29 is 11.7 Å². The Bertz CT molecular complexity index is 1160. The molecule has 25 heavy (non-hydrogen) atoms. The molecule has 0 saturated heterocycles. The number of hydrogen-bond donors (Lipinski definition) is 0. The number of aryl methyl sites for hydroxylation is 2. The first-order valence-corrected chi connectivity index (χ1v) is 8.72. The maximum absolute atomic E-state index is 8.49. The van der Waals surface area contributed by atoms with Gasteiger partial charge in [0.2, 0.25) is 5.69 Å². The highest BCUT2D eigenvalue weighted by Crippen LogP contribution is 2.36. The fraction of sp³-hybridized carbons (Fsp3) is 0.261. The number of aromatic nitrogens is 1. The average molecular weight is 332 g/mol. The van der Waals surface area contributed by atoms with E-state index in [4.69, 9.17) is 7.16 Å². The number of pyridine rings is 1. The van der Waals surface area contributed by atoms with Crippen molar-refractivity contribution in [3.8, 4) is 11.3 Å². The Hall–Kier alpha value is -2.61. The van der Waals surface area contributed by atoms with Crippen molar-refractivity contribution in [2.75, 3.05) is 0 Å². The van der Waals surface area contributed by atoms with Gasteiger partial charge in [-0.15, -0.1) is 0 Å². The van der Waals surface area contributed by atoms with Crippen molar-refractivity contribution in [2.24, 2.45) is 13.0 Å². The molecule has 2 heteroatoms. The van der Waals surface area contributed by atoms with Gasteiger partial charge in [-0.3, -0.25) is 0 Å². The third-order valence-corrected chi connectivity index (χ3v) is 4.62. The van der Waals surface area contributed by atoms with Crippen LogP contribution < -0.4 is 4.57 Å². The first-order chi connectivity index (χ1) is 12.8. The lowest BCUT2D eigenvalue weighted by atomic mass is 9.97. The highest BCUT2D eigenvalue weighted by molar-refractivity contribution is 6.09. The molecule has 0 spiro atoms. The zero-order chi connectivity index (χ0) is 19.3. The summed E-state index contributed by atoms with van der Waals surface area (Å²) in [4.78, 5) is 0. The predicted molar refractivity (Wildman–Crippen MR) is 104 cm³/mol. The smallest absolute Gasteiger partial charge is 0.216 e. The molecular formula is C23H24NO+. The molecule has 2 heterocycles. The second-order valence-electron chi connectivity index (χ2n) is 6.94. The SMILES string of the molecule is [2H]C([2H])(c1cc[n+](C)c(-c2c(C)ccc3c2oc2ccccc23)c1)C(C)C. The van der Waals surface area contributed by atoms with Crippen LogP contribution in [0.1, 0.15) is 27.7 Å². The van der Waals surface area contributed by atoms with Crippen LogP contribution in [0.25, 0.3) is 33.2 Å². The fourth-order valence-corrected chi connectivity index (χ4v) is 3.45. The molecule has 4 aromatic rings. The van der Waals surface area contributed by atoms with E-state index in [0.717, 1.165) is 38.8 Å². The molecule has 0 aliphatic carbocycles. The van der Waals surface area contributed by atoms with Gasteiger partial charge < -0.3 is 4.42 Å². The normalized spacial score (nSPS) is 13.5. The Morgan fingerprint density at radius 3 is 2.68 bits per heavy atom. The molecule has 2 aromatic carbocycles. The zero-order valence-corrected chi connectivity index (χ0v) is 15.1. The second-order valence-corrected chi connectivity index (χ2v) is 6.94. The van der Waals surface area contributed by atoms with Crippen molar-refractivity contribution in [3.05, 3.63) is 65.9 Å². The van der Waals surface area contributed by atoms with Crippen LogP contribution in [0.4, 0.5) is 0 Å². The van der Waals surface area contributed by atoms with Gasteiger partial charge in [-0.2, -0.15) is 0 Å². The zero-order valence-electron chi connectivity index (χ0n) is 17.1. The number of nitrogens with zero attached hydrogens (tertiary/aromatic N) is 1. The Morgan fingerprint density at radius 2 is 1.88 bits per heavy atom. The molecule has 0 N–H and O–H groups in total. The van der Waals surface area contributed by atoms with E-state index in [0.29, 0.717) is 5.56 Å². The Labute approximate surface area is 151 Å². The van der Waals surface area contributed by atoms with Crippen LogP contribution in [0, 0.1) is 12.8 Å². The highest BCUT2D eigenvalue weighted by Gasteiger charge is 2.21. The van der Waals surface area contributed by atoms with Crippen molar-refractivity contribution in [3.63, 3.8) is 0 Å². The monoisotopic (exact) mass is 332 g/mol. The number of para-hydroxylation sites is 1. The molecule has 0 radical (unpaired) electrons. The van der Waals surface area contributed by atoms with Crippen LogP contribution >= 0.6 is 0 Å². The van der Waals surface area contributed by atoms with Crippen LogP contribution in [-0.4, -0.2) is 0 Å². The third kappa shape index (κ3) is 2.72. The molecule has 0 unspecified atom stereocenters. The second kappa shape index (κ2) is 6.03. The van der Waals surface area contributed by atoms with Gasteiger partial charge in [0, 0.05) is 25.6 Å². The van der Waals surface area contributed by atoms with Gasteiger partial charge in [0.05, 0.1) is 5.56 Å². The molecule has 0 fully saturated rings. The highest BCUT2D eigenvalue weighted by atomic mass is 16.3. The number of benzene rings is 2. The molecule has 0 aliphatic rings. The summed E-state index contributed by atoms with van der Waals surface area (Å²) in [6.07, 6.45) is 0.546. The topological polar surface area (TPSA) is 17.0 Å². The molecule has 4 rings (SSSR count). The van der Waals surface area contributed by atoms with Crippen LogP contribution in [-0.2, 0) is 13.4 Å². The largest absolute Gasteiger partial charge is 0.455 e. The van der Waals surface area contributed by atoms with E-state index in [1.165, 1.54) is 0 Å². The van der Waals surface area contributed by atoms with Crippen molar-refractivity contribution in [2.45, 2.75) is 27.1 Å². The van der Waals surface area contributed by atoms with Gasteiger partial charge >= 0.3 is 0 Å². The van der Waals surface area contributed by atoms with Gasteiger partial charge in [0.25, 0.3) is 0 Å². The quantitative estimate of drug-likeness (QED) is 0.447. The fourth-order valence-electron chi connectivity index (χ4n) is 3.45. The van der Waals surface area contributed by atoms with E-state index in [1.54, 1.807) is 0 Å². The summed E-state index contributed by atoms with van der Waals surface area (Å²) >= 11 is 0. The summed E-state index contributed by atoms with van der Waals surface area (Å²) in [5.74, 6) is -0.110. The Kier molecular flexibility index (Phi) is 3.30. The first kappa shape index (κ1) is 13.7. The van der Waals surface area contributed by atoms with Gasteiger partial charge in [0.15, 0.2) is 6.20 Å². The lowest BCUT2D eigenvalue weighted by Gasteiger charge is -2.09. The summed E-state index contributed by atoms with van der Waals surface area (Å²) in [5, 5.41) is 2.19. The molecule has 0 bridgehead atoms. The lowest BCUT2D eigenvalue weighted by molar-refractivity contribution is -0.660. The van der Waals surface area contributed by atoms with E-state index in [2.05, 4.69) is 25.1 Å². The molecule has 2 nitrogen and oxygen atoms in total. The molecule has 0 atom stereocenters. The number of hydrogen-bond acceptors (Lipinski definition) is 1. The van der Waals surface area contributed by atoms with Crippen LogP contribution in [0.2, 0.25) is 0 Å². The maximum atomic E-state index is 8.49. The minimum absolute atomic E-state index is 0.110. The number of rotatable bonds is 3. The minimum Gasteiger partial charge on any atom is -0.455 e. The van der Waals surface area contributed by atoms with E-state index in [9.17, 15) is 0 Å². The van der Waals surface area contributed by atoms with Crippen LogP contribution in [0.5, 0.6) is 0 Å². The molecular weight excluding hydrogens is 306 g/mol. The third-order valence-electron chi connectivity index (χ3n) is 4.62. The number of fused-ring (bicyclic) bond motifs is 3. The van der Waals surface area contributed by atoms with E-state index in [-0.39, 0.29) is 5.92 Å². The summed E-state index contributed by atoms with van der Waals surface area (Å²) in [6.45, 7) is 5.90. The lowest BCUT2D eigenvalue weighted by Crippen LogP contribution is -2.31. The maximum Gasteiger partial charge on any atom is 0.216 e. The van der Waals surface area contributed by atoms with Crippen molar-refractivity contribution in [1.29, 1.82) is 0 Å². The van der Waals surface area contributed by atoms with Crippen LogP contribution in [0.15, 0.2) is 59.1 Å². The molecule has 0 aliphatic heterocycles. The Morgan fingerprint density at radius 1 is 1.08 bits per heavy atom. The first-order valence-electron chi connectivity index (χ1n) is 9.72. The number of furan rings is 1. The van der Waals surface area contributed by atoms with E-state index >= 15 is 0 Å². The summed E-state index contributed by atoms with van der Waals surface area (Å²) in [6, 6.07) is 16.1. The summed E-state index contributed by atoms with van der Waals surface area (Å²) in [5.41, 5.74) is 5.51. The van der Waals surface area contributed by atoms with Gasteiger partial charge in [-0.1, -0.05) is 44.2 Å². The molecule has 0 saturated carbocycles.